The van der Waals surface area contributed by atoms with Crippen molar-refractivity contribution < 1.29 is 19.0 Å². The van der Waals surface area contributed by atoms with E-state index < -0.39 is 0 Å². The molecule has 3 aromatic carbocycles. The zero-order chi connectivity index (χ0) is 25.8. The topological polar surface area (TPSA) is 91.7 Å². The Kier molecular flexibility index (Phi) is 7.26. The van der Waals surface area contributed by atoms with E-state index in [1.807, 2.05) is 0 Å². The van der Waals surface area contributed by atoms with Gasteiger partial charge in [0.1, 0.15) is 5.82 Å². The van der Waals surface area contributed by atoms with E-state index in [0.29, 0.717) is 50.4 Å². The number of rotatable bonds is 7. The molecule has 0 saturated heterocycles. The van der Waals surface area contributed by atoms with Gasteiger partial charge in [0.2, 0.25) is 11.7 Å². The van der Waals surface area contributed by atoms with Crippen LogP contribution in [0.2, 0.25) is 5.02 Å². The van der Waals surface area contributed by atoms with Crippen LogP contribution in [0.4, 0.5) is 5.69 Å². The molecule has 1 amide bonds. The molecule has 0 atom stereocenters. The number of ether oxygens (including phenoxy) is 3. The number of amides is 1. The third-order valence-corrected chi connectivity index (χ3v) is 5.65. The minimum absolute atomic E-state index is 0.182. The predicted octanol–water partition coefficient (Wildman–Crippen LogP) is 5.19. The van der Waals surface area contributed by atoms with Crippen molar-refractivity contribution in [1.82, 2.24) is 9.55 Å². The molecule has 0 radical (unpaired) electrons. The summed E-state index contributed by atoms with van der Waals surface area (Å²) in [5.74, 6) is 1.68. The highest BCUT2D eigenvalue weighted by Crippen LogP contribution is 2.38. The van der Waals surface area contributed by atoms with Gasteiger partial charge in [0, 0.05) is 17.6 Å². The van der Waals surface area contributed by atoms with Crippen LogP contribution in [0.25, 0.3) is 28.7 Å². The van der Waals surface area contributed by atoms with Crippen LogP contribution in [0.3, 0.4) is 0 Å². The van der Waals surface area contributed by atoms with Crippen LogP contribution in [-0.2, 0) is 4.79 Å². The van der Waals surface area contributed by atoms with Crippen LogP contribution in [-0.4, -0.2) is 36.8 Å². The van der Waals surface area contributed by atoms with Crippen LogP contribution in [0.15, 0.2) is 59.4 Å². The molecule has 4 aromatic rings. The van der Waals surface area contributed by atoms with Crippen molar-refractivity contribution in [2.75, 3.05) is 26.6 Å². The van der Waals surface area contributed by atoms with E-state index in [0.717, 1.165) is 5.56 Å². The Labute approximate surface area is 212 Å². The van der Waals surface area contributed by atoms with Crippen LogP contribution in [0.5, 0.6) is 17.2 Å². The number of halogens is 1. The fourth-order valence-electron chi connectivity index (χ4n) is 3.80. The monoisotopic (exact) mass is 505 g/mol. The maximum Gasteiger partial charge on any atom is 0.266 e. The van der Waals surface area contributed by atoms with Gasteiger partial charge in [0.05, 0.1) is 37.9 Å². The highest BCUT2D eigenvalue weighted by Gasteiger charge is 2.14. The highest BCUT2D eigenvalue weighted by atomic mass is 35.5. The second kappa shape index (κ2) is 10.5. The number of benzene rings is 3. The van der Waals surface area contributed by atoms with Crippen LogP contribution in [0.1, 0.15) is 18.3 Å². The fraction of sp³-hybridized carbons (Fsp3) is 0.148. The SMILES string of the molecule is COc1cc(C=Cc2nc3cc(Cl)ccc3c(=O)n2-c2ccc(NC(C)=O)cc2)cc(OC)c1OC. The Morgan fingerprint density at radius 2 is 1.61 bits per heavy atom. The Morgan fingerprint density at radius 3 is 2.19 bits per heavy atom. The van der Waals surface area contributed by atoms with Crippen molar-refractivity contribution >= 4 is 46.3 Å². The Bertz CT molecular complexity index is 1500. The molecule has 0 aliphatic rings. The number of nitrogens with zero attached hydrogens (tertiary/aromatic N) is 2. The van der Waals surface area contributed by atoms with Gasteiger partial charge in [-0.05, 0) is 66.2 Å². The molecule has 1 N–H and O–H groups in total. The standard InChI is InChI=1S/C27H24ClN3O5/c1-16(32)29-19-7-9-20(10-8-19)31-25(30-22-15-18(28)6-11-21(22)27(31)33)12-5-17-13-23(34-2)26(36-4)24(14-17)35-3/h5-15H,1-4H3,(H,29,32). The Hall–Kier alpha value is -4.30. The summed E-state index contributed by atoms with van der Waals surface area (Å²) in [6.45, 7) is 1.43. The fourth-order valence-corrected chi connectivity index (χ4v) is 3.97. The van der Waals surface area contributed by atoms with Gasteiger partial charge in [-0.3, -0.25) is 14.2 Å². The first-order valence-corrected chi connectivity index (χ1v) is 11.3. The number of aromatic nitrogens is 2. The molecule has 0 fully saturated rings. The second-order valence-electron chi connectivity index (χ2n) is 7.79. The number of fused-ring (bicyclic) bond motifs is 1. The summed E-state index contributed by atoms with van der Waals surface area (Å²) in [4.78, 5) is 29.6. The van der Waals surface area contributed by atoms with Crippen molar-refractivity contribution in [1.29, 1.82) is 0 Å². The van der Waals surface area contributed by atoms with Gasteiger partial charge in [-0.15, -0.1) is 0 Å². The number of hydrogen-bond acceptors (Lipinski definition) is 6. The molecule has 0 aliphatic carbocycles. The van der Waals surface area contributed by atoms with E-state index in [1.54, 1.807) is 81.0 Å². The third-order valence-electron chi connectivity index (χ3n) is 5.42. The Balaban J connectivity index is 1.88. The largest absolute Gasteiger partial charge is 0.493 e. The number of carbonyl (C=O) groups excluding carboxylic acids is 1. The molecule has 0 aliphatic heterocycles. The van der Waals surface area contributed by atoms with Gasteiger partial charge in [-0.2, -0.15) is 0 Å². The zero-order valence-corrected chi connectivity index (χ0v) is 20.9. The summed E-state index contributed by atoms with van der Waals surface area (Å²) < 4.78 is 17.8. The molecule has 1 aromatic heterocycles. The molecule has 1 heterocycles. The normalized spacial score (nSPS) is 11.0. The third kappa shape index (κ3) is 5.04. The first-order chi connectivity index (χ1) is 17.3. The van der Waals surface area contributed by atoms with Gasteiger partial charge in [-0.25, -0.2) is 4.98 Å². The van der Waals surface area contributed by atoms with E-state index in [4.69, 9.17) is 30.8 Å². The zero-order valence-electron chi connectivity index (χ0n) is 20.2. The lowest BCUT2D eigenvalue weighted by atomic mass is 10.1. The molecular weight excluding hydrogens is 482 g/mol. The predicted molar refractivity (Wildman–Crippen MR) is 142 cm³/mol. The van der Waals surface area contributed by atoms with Gasteiger partial charge in [0.25, 0.3) is 5.56 Å². The number of carbonyl (C=O) groups is 1. The summed E-state index contributed by atoms with van der Waals surface area (Å²) in [6.07, 6.45) is 3.52. The highest BCUT2D eigenvalue weighted by molar-refractivity contribution is 6.31. The molecule has 0 saturated carbocycles. The first-order valence-electron chi connectivity index (χ1n) is 10.9. The molecular formula is C27H24ClN3O5. The van der Waals surface area contributed by atoms with Crippen molar-refractivity contribution in [3.05, 3.63) is 81.4 Å². The summed E-state index contributed by atoms with van der Waals surface area (Å²) in [6, 6.07) is 15.5. The smallest absolute Gasteiger partial charge is 0.266 e. The van der Waals surface area contributed by atoms with Gasteiger partial charge >= 0.3 is 0 Å². The van der Waals surface area contributed by atoms with Gasteiger partial charge < -0.3 is 19.5 Å². The molecule has 36 heavy (non-hydrogen) atoms. The summed E-state index contributed by atoms with van der Waals surface area (Å²) in [5.41, 5.74) is 2.17. The molecule has 4 rings (SSSR count). The van der Waals surface area contributed by atoms with E-state index >= 15 is 0 Å². The van der Waals surface area contributed by atoms with Gasteiger partial charge in [-0.1, -0.05) is 17.7 Å². The van der Waals surface area contributed by atoms with Gasteiger partial charge in [0.15, 0.2) is 11.5 Å². The van der Waals surface area contributed by atoms with E-state index in [2.05, 4.69) is 5.32 Å². The molecule has 0 unspecified atom stereocenters. The number of nitrogens with one attached hydrogen (secondary N) is 1. The molecule has 0 bridgehead atoms. The number of hydrogen-bond donors (Lipinski definition) is 1. The van der Waals surface area contributed by atoms with Crippen molar-refractivity contribution in [3.63, 3.8) is 0 Å². The van der Waals surface area contributed by atoms with Crippen molar-refractivity contribution in [3.8, 4) is 22.9 Å². The number of methoxy groups -OCH3 is 3. The average Bonchev–Trinajstić information content (AvgIpc) is 2.87. The summed E-state index contributed by atoms with van der Waals surface area (Å²) >= 11 is 6.17. The lowest BCUT2D eigenvalue weighted by molar-refractivity contribution is -0.114. The quantitative estimate of drug-likeness (QED) is 0.371. The second-order valence-corrected chi connectivity index (χ2v) is 8.23. The Morgan fingerprint density at radius 1 is 0.944 bits per heavy atom. The summed E-state index contributed by atoms with van der Waals surface area (Å²) in [7, 11) is 4.62. The lowest BCUT2D eigenvalue weighted by Crippen LogP contribution is -2.22. The van der Waals surface area contributed by atoms with E-state index in [1.165, 1.54) is 18.6 Å². The molecule has 0 spiro atoms. The minimum Gasteiger partial charge on any atom is -0.493 e. The average molecular weight is 506 g/mol. The van der Waals surface area contributed by atoms with E-state index in [9.17, 15) is 9.59 Å². The minimum atomic E-state index is -0.256. The molecule has 9 heteroatoms. The number of anilines is 1. The van der Waals surface area contributed by atoms with Crippen LogP contribution in [0, 0.1) is 0 Å². The maximum absolute atomic E-state index is 13.5. The maximum atomic E-state index is 13.5. The molecule has 184 valence electrons. The van der Waals surface area contributed by atoms with Crippen LogP contribution >= 0.6 is 11.6 Å². The van der Waals surface area contributed by atoms with Crippen molar-refractivity contribution in [2.24, 2.45) is 0 Å². The first kappa shape index (κ1) is 24.8. The van der Waals surface area contributed by atoms with E-state index in [-0.39, 0.29) is 11.5 Å². The summed E-state index contributed by atoms with van der Waals surface area (Å²) in [5, 5.41) is 3.63. The van der Waals surface area contributed by atoms with Crippen LogP contribution < -0.4 is 25.1 Å². The molecule has 8 nitrogen and oxygen atoms in total. The van der Waals surface area contributed by atoms with Crippen molar-refractivity contribution in [2.45, 2.75) is 6.92 Å². The lowest BCUT2D eigenvalue weighted by Gasteiger charge is -2.14.